The van der Waals surface area contributed by atoms with Crippen molar-refractivity contribution in [2.24, 2.45) is 0 Å². The molecule has 0 radical (unpaired) electrons. The van der Waals surface area contributed by atoms with E-state index in [0.717, 1.165) is 16.7 Å². The topological polar surface area (TPSA) is 58.6 Å². The van der Waals surface area contributed by atoms with E-state index in [9.17, 15) is 9.59 Å². The summed E-state index contributed by atoms with van der Waals surface area (Å²) in [7, 11) is 1.55. The van der Waals surface area contributed by atoms with Gasteiger partial charge in [-0.25, -0.2) is 0 Å². The molecule has 0 aliphatic heterocycles. The molecule has 7 heteroatoms. The van der Waals surface area contributed by atoms with Crippen LogP contribution in [0.5, 0.6) is 5.75 Å². The molecule has 29 heavy (non-hydrogen) atoms. The second-order valence-electron chi connectivity index (χ2n) is 6.92. The highest BCUT2D eigenvalue weighted by atomic mass is 35.5. The molecule has 2 amide bonds. The first-order valence-electron chi connectivity index (χ1n) is 9.41. The number of nitrogens with zero attached hydrogens (tertiary/aromatic N) is 1. The predicted molar refractivity (Wildman–Crippen MR) is 117 cm³/mol. The van der Waals surface area contributed by atoms with Crippen molar-refractivity contribution in [2.75, 3.05) is 13.7 Å². The first-order valence-corrected chi connectivity index (χ1v) is 10.2. The molecule has 0 heterocycles. The first kappa shape index (κ1) is 23.0. The van der Waals surface area contributed by atoms with E-state index in [-0.39, 0.29) is 25.0 Å². The van der Waals surface area contributed by atoms with Gasteiger partial charge in [-0.3, -0.25) is 9.59 Å². The Balaban J connectivity index is 2.23. The summed E-state index contributed by atoms with van der Waals surface area (Å²) in [5, 5.41) is 3.46. The second-order valence-corrected chi connectivity index (χ2v) is 7.73. The minimum Gasteiger partial charge on any atom is -0.484 e. The predicted octanol–water partition coefficient (Wildman–Crippen LogP) is 4.54. The molecule has 2 rings (SSSR count). The minimum absolute atomic E-state index is 0.169. The van der Waals surface area contributed by atoms with Crippen LogP contribution in [0, 0.1) is 13.8 Å². The Morgan fingerprint density at radius 3 is 2.28 bits per heavy atom. The minimum atomic E-state index is -0.621. The molecule has 0 spiro atoms. The van der Waals surface area contributed by atoms with Crippen LogP contribution in [0.4, 0.5) is 0 Å². The summed E-state index contributed by atoms with van der Waals surface area (Å²) in [6.07, 6.45) is 0.469. The van der Waals surface area contributed by atoms with Crippen LogP contribution in [0.1, 0.15) is 30.0 Å². The molecule has 0 aliphatic carbocycles. The lowest BCUT2D eigenvalue weighted by Gasteiger charge is -2.30. The molecule has 5 nitrogen and oxygen atoms in total. The third-order valence-electron chi connectivity index (χ3n) is 4.53. The van der Waals surface area contributed by atoms with Gasteiger partial charge in [-0.15, -0.1) is 0 Å². The fraction of sp³-hybridized carbons (Fsp3) is 0.364. The Labute approximate surface area is 181 Å². The highest BCUT2D eigenvalue weighted by molar-refractivity contribution is 6.42. The molecule has 1 N–H and O–H groups in total. The first-order chi connectivity index (χ1) is 13.7. The summed E-state index contributed by atoms with van der Waals surface area (Å²) in [6.45, 7) is 5.85. The summed E-state index contributed by atoms with van der Waals surface area (Å²) in [5.74, 6) is 0.108. The van der Waals surface area contributed by atoms with Crippen molar-refractivity contribution >= 4 is 35.0 Å². The lowest BCUT2D eigenvalue weighted by Crippen LogP contribution is -2.49. The number of benzene rings is 2. The van der Waals surface area contributed by atoms with E-state index in [0.29, 0.717) is 22.2 Å². The molecular weight excluding hydrogens is 411 g/mol. The molecule has 156 valence electrons. The van der Waals surface area contributed by atoms with Gasteiger partial charge in [0.1, 0.15) is 11.8 Å². The molecule has 2 aromatic rings. The van der Waals surface area contributed by atoms with Gasteiger partial charge in [0.25, 0.3) is 5.91 Å². The van der Waals surface area contributed by atoms with Crippen molar-refractivity contribution in [3.8, 4) is 5.75 Å². The van der Waals surface area contributed by atoms with E-state index in [4.69, 9.17) is 27.9 Å². The molecule has 0 fully saturated rings. The largest absolute Gasteiger partial charge is 0.484 e. The Morgan fingerprint density at radius 1 is 1.07 bits per heavy atom. The highest BCUT2D eigenvalue weighted by Gasteiger charge is 2.28. The van der Waals surface area contributed by atoms with Gasteiger partial charge >= 0.3 is 0 Å². The third kappa shape index (κ3) is 6.38. The Bertz CT molecular complexity index is 866. The third-order valence-corrected chi connectivity index (χ3v) is 5.27. The molecule has 1 atom stereocenters. The van der Waals surface area contributed by atoms with Crippen molar-refractivity contribution < 1.29 is 14.3 Å². The van der Waals surface area contributed by atoms with Gasteiger partial charge in [-0.2, -0.15) is 0 Å². The number of rotatable bonds is 8. The van der Waals surface area contributed by atoms with Gasteiger partial charge in [-0.05, 0) is 61.2 Å². The molecule has 0 aliphatic rings. The van der Waals surface area contributed by atoms with Gasteiger partial charge in [0.2, 0.25) is 5.91 Å². The van der Waals surface area contributed by atoms with Gasteiger partial charge in [0, 0.05) is 13.6 Å². The van der Waals surface area contributed by atoms with Gasteiger partial charge < -0.3 is 15.0 Å². The number of nitrogens with one attached hydrogen (secondary N) is 1. The van der Waals surface area contributed by atoms with Crippen LogP contribution in [0.3, 0.4) is 0 Å². The molecule has 1 unspecified atom stereocenters. The smallest absolute Gasteiger partial charge is 0.261 e. The zero-order valence-corrected chi connectivity index (χ0v) is 18.6. The lowest BCUT2D eigenvalue weighted by atomic mass is 10.1. The fourth-order valence-corrected chi connectivity index (χ4v) is 3.49. The summed E-state index contributed by atoms with van der Waals surface area (Å²) < 4.78 is 5.73. The summed E-state index contributed by atoms with van der Waals surface area (Å²) in [5.41, 5.74) is 2.88. The van der Waals surface area contributed by atoms with Crippen LogP contribution < -0.4 is 10.1 Å². The van der Waals surface area contributed by atoms with Crippen LogP contribution in [0.2, 0.25) is 10.0 Å². The van der Waals surface area contributed by atoms with E-state index in [1.807, 2.05) is 39.0 Å². The van der Waals surface area contributed by atoms with Crippen molar-refractivity contribution in [1.82, 2.24) is 10.2 Å². The average molecular weight is 437 g/mol. The molecular formula is C22H26Cl2N2O3. The van der Waals surface area contributed by atoms with E-state index >= 15 is 0 Å². The van der Waals surface area contributed by atoms with Crippen LogP contribution in [-0.2, 0) is 16.1 Å². The molecule has 0 aromatic heterocycles. The zero-order valence-electron chi connectivity index (χ0n) is 17.1. The van der Waals surface area contributed by atoms with Crippen molar-refractivity contribution in [3.63, 3.8) is 0 Å². The second kappa shape index (κ2) is 10.5. The number of amides is 2. The quantitative estimate of drug-likeness (QED) is 0.660. The lowest BCUT2D eigenvalue weighted by molar-refractivity contribution is -0.142. The standard InChI is InChI=1S/C22H26Cl2N2O3/c1-5-20(22(28)25-4)26(12-16-6-7-18(23)19(24)11-16)21(27)13-29-17-9-14(2)8-15(3)10-17/h6-11,20H,5,12-13H2,1-4H3,(H,25,28). The zero-order chi connectivity index (χ0) is 21.6. The van der Waals surface area contributed by atoms with Crippen LogP contribution >= 0.6 is 23.2 Å². The highest BCUT2D eigenvalue weighted by Crippen LogP contribution is 2.24. The Kier molecular flexibility index (Phi) is 8.35. The van der Waals surface area contributed by atoms with Crippen molar-refractivity contribution in [1.29, 1.82) is 0 Å². The number of hydrogen-bond acceptors (Lipinski definition) is 3. The SMILES string of the molecule is CCC(C(=O)NC)N(Cc1ccc(Cl)c(Cl)c1)C(=O)COc1cc(C)cc(C)c1. The molecule has 0 saturated carbocycles. The number of carbonyl (C=O) groups excluding carboxylic acids is 2. The van der Waals surface area contributed by atoms with E-state index in [1.54, 1.807) is 25.2 Å². The fourth-order valence-electron chi connectivity index (χ4n) is 3.17. The van der Waals surface area contributed by atoms with Crippen molar-refractivity contribution in [2.45, 2.75) is 39.8 Å². The van der Waals surface area contributed by atoms with E-state index < -0.39 is 6.04 Å². The molecule has 2 aromatic carbocycles. The summed E-state index contributed by atoms with van der Waals surface area (Å²) in [6, 6.07) is 10.3. The number of likely N-dealkylation sites (N-methyl/N-ethyl adjacent to an activating group) is 1. The number of carbonyl (C=O) groups is 2. The number of aryl methyl sites for hydroxylation is 2. The Morgan fingerprint density at radius 2 is 1.72 bits per heavy atom. The van der Waals surface area contributed by atoms with Gasteiger partial charge in [-0.1, -0.05) is 42.3 Å². The van der Waals surface area contributed by atoms with Gasteiger partial charge in [0.05, 0.1) is 10.0 Å². The van der Waals surface area contributed by atoms with E-state index in [2.05, 4.69) is 5.32 Å². The number of hydrogen-bond donors (Lipinski definition) is 1. The van der Waals surface area contributed by atoms with Crippen LogP contribution in [-0.4, -0.2) is 36.4 Å². The van der Waals surface area contributed by atoms with Crippen LogP contribution in [0.15, 0.2) is 36.4 Å². The number of ether oxygens (including phenoxy) is 1. The Hall–Kier alpha value is -2.24. The maximum atomic E-state index is 13.0. The van der Waals surface area contributed by atoms with Crippen molar-refractivity contribution in [3.05, 3.63) is 63.1 Å². The molecule has 0 bridgehead atoms. The normalized spacial score (nSPS) is 11.7. The maximum Gasteiger partial charge on any atom is 0.261 e. The molecule has 0 saturated heterocycles. The van der Waals surface area contributed by atoms with E-state index in [1.165, 1.54) is 4.90 Å². The summed E-state index contributed by atoms with van der Waals surface area (Å²) in [4.78, 5) is 26.9. The average Bonchev–Trinajstić information content (AvgIpc) is 2.67. The monoisotopic (exact) mass is 436 g/mol. The summed E-state index contributed by atoms with van der Waals surface area (Å²) >= 11 is 12.1. The maximum absolute atomic E-state index is 13.0. The van der Waals surface area contributed by atoms with Crippen LogP contribution in [0.25, 0.3) is 0 Å². The number of halogens is 2. The van der Waals surface area contributed by atoms with Gasteiger partial charge in [0.15, 0.2) is 6.61 Å².